The summed E-state index contributed by atoms with van der Waals surface area (Å²) < 4.78 is 5.33. The van der Waals surface area contributed by atoms with Gasteiger partial charge in [0.1, 0.15) is 0 Å². The Bertz CT molecular complexity index is 581. The second-order valence-corrected chi connectivity index (χ2v) is 6.27. The first-order valence-electron chi connectivity index (χ1n) is 6.24. The van der Waals surface area contributed by atoms with Gasteiger partial charge in [-0.05, 0) is 36.8 Å². The van der Waals surface area contributed by atoms with Gasteiger partial charge < -0.3 is 10.3 Å². The molecule has 19 heavy (non-hydrogen) atoms. The Kier molecular flexibility index (Phi) is 3.66. The van der Waals surface area contributed by atoms with Gasteiger partial charge in [-0.25, -0.2) is 0 Å². The molecular formula is C13H14ClN3OS. The van der Waals surface area contributed by atoms with E-state index < -0.39 is 0 Å². The number of rotatable bonds is 2. The molecule has 1 aromatic carbocycles. The topological polar surface area (TPSA) is 64.9 Å². The molecule has 0 aliphatic carbocycles. The van der Waals surface area contributed by atoms with Crippen LogP contribution < -0.4 is 5.73 Å². The van der Waals surface area contributed by atoms with E-state index in [1.807, 2.05) is 17.8 Å². The number of benzene rings is 1. The molecule has 1 unspecified atom stereocenters. The first-order chi connectivity index (χ1) is 9.24. The van der Waals surface area contributed by atoms with E-state index >= 15 is 0 Å². The summed E-state index contributed by atoms with van der Waals surface area (Å²) in [5.41, 5.74) is 7.11. The number of anilines is 1. The highest BCUT2D eigenvalue weighted by molar-refractivity contribution is 7.99. The number of nitrogen functional groups attached to an aromatic ring is 1. The molecule has 0 saturated carbocycles. The third kappa shape index (κ3) is 2.72. The lowest BCUT2D eigenvalue weighted by molar-refractivity contribution is 0.420. The minimum absolute atomic E-state index is 0.357. The van der Waals surface area contributed by atoms with Gasteiger partial charge in [0.2, 0.25) is 0 Å². The minimum atomic E-state index is 0.357. The van der Waals surface area contributed by atoms with Crippen LogP contribution in [0.5, 0.6) is 0 Å². The summed E-state index contributed by atoms with van der Waals surface area (Å²) in [5, 5.41) is 4.98. The SMILES string of the molecule is Nc1cc(-c2nc(C3CCCCS3)no2)ccc1Cl. The average molecular weight is 296 g/mol. The van der Waals surface area contributed by atoms with Crippen molar-refractivity contribution in [2.45, 2.75) is 24.5 Å². The predicted molar refractivity (Wildman–Crippen MR) is 78.2 cm³/mol. The third-order valence-corrected chi connectivity index (χ3v) is 4.87. The molecule has 0 amide bonds. The Morgan fingerprint density at radius 2 is 2.26 bits per heavy atom. The number of thioether (sulfide) groups is 1. The highest BCUT2D eigenvalue weighted by atomic mass is 35.5. The van der Waals surface area contributed by atoms with Crippen LogP contribution >= 0.6 is 23.4 Å². The molecule has 0 spiro atoms. The highest BCUT2D eigenvalue weighted by Crippen LogP contribution is 2.37. The van der Waals surface area contributed by atoms with Crippen molar-refractivity contribution in [3.63, 3.8) is 0 Å². The fourth-order valence-electron chi connectivity index (χ4n) is 2.10. The zero-order valence-corrected chi connectivity index (χ0v) is 11.9. The van der Waals surface area contributed by atoms with E-state index in [1.54, 1.807) is 12.1 Å². The van der Waals surface area contributed by atoms with Gasteiger partial charge in [0.25, 0.3) is 5.89 Å². The number of aromatic nitrogens is 2. The van der Waals surface area contributed by atoms with Crippen LogP contribution in [0.4, 0.5) is 5.69 Å². The minimum Gasteiger partial charge on any atom is -0.398 e. The molecule has 0 bridgehead atoms. The first-order valence-corrected chi connectivity index (χ1v) is 7.67. The normalized spacial score (nSPS) is 19.5. The zero-order chi connectivity index (χ0) is 13.2. The summed E-state index contributed by atoms with van der Waals surface area (Å²) in [6, 6.07) is 5.34. The van der Waals surface area contributed by atoms with Crippen LogP contribution in [0.15, 0.2) is 22.7 Å². The van der Waals surface area contributed by atoms with Crippen LogP contribution in [-0.2, 0) is 0 Å². The van der Waals surface area contributed by atoms with E-state index in [0.29, 0.717) is 21.9 Å². The molecule has 1 fully saturated rings. The molecular weight excluding hydrogens is 282 g/mol. The lowest BCUT2D eigenvalue weighted by Crippen LogP contribution is -2.03. The average Bonchev–Trinajstić information content (AvgIpc) is 2.93. The van der Waals surface area contributed by atoms with E-state index in [9.17, 15) is 0 Å². The quantitative estimate of drug-likeness (QED) is 0.850. The summed E-state index contributed by atoms with van der Waals surface area (Å²) in [7, 11) is 0. The molecule has 1 atom stereocenters. The van der Waals surface area contributed by atoms with Crippen LogP contribution in [0.3, 0.4) is 0 Å². The number of nitrogens with zero attached hydrogens (tertiary/aromatic N) is 2. The Labute approximate surface area is 120 Å². The van der Waals surface area contributed by atoms with Crippen LogP contribution in [0, 0.1) is 0 Å². The van der Waals surface area contributed by atoms with Gasteiger partial charge in [-0.3, -0.25) is 0 Å². The molecule has 1 saturated heterocycles. The van der Waals surface area contributed by atoms with Gasteiger partial charge in [-0.2, -0.15) is 16.7 Å². The van der Waals surface area contributed by atoms with Gasteiger partial charge in [0, 0.05) is 5.56 Å². The van der Waals surface area contributed by atoms with E-state index in [-0.39, 0.29) is 0 Å². The van der Waals surface area contributed by atoms with E-state index in [2.05, 4.69) is 10.1 Å². The Hall–Kier alpha value is -1.20. The van der Waals surface area contributed by atoms with E-state index in [1.165, 1.54) is 18.6 Å². The third-order valence-electron chi connectivity index (χ3n) is 3.15. The van der Waals surface area contributed by atoms with Gasteiger partial charge >= 0.3 is 0 Å². The molecule has 1 aliphatic rings. The molecule has 2 aromatic rings. The summed E-state index contributed by atoms with van der Waals surface area (Å²) in [6.07, 6.45) is 3.63. The predicted octanol–water partition coefficient (Wildman–Crippen LogP) is 3.93. The lowest BCUT2D eigenvalue weighted by Gasteiger charge is -2.17. The molecule has 1 aliphatic heterocycles. The molecule has 3 rings (SSSR count). The van der Waals surface area contributed by atoms with Gasteiger partial charge in [0.15, 0.2) is 5.82 Å². The maximum absolute atomic E-state index is 5.90. The Morgan fingerprint density at radius 3 is 3.00 bits per heavy atom. The summed E-state index contributed by atoms with van der Waals surface area (Å²) in [6.45, 7) is 0. The van der Waals surface area contributed by atoms with Crippen molar-refractivity contribution in [1.29, 1.82) is 0 Å². The maximum atomic E-state index is 5.90. The molecule has 2 heterocycles. The van der Waals surface area contributed by atoms with Crippen LogP contribution in [0.2, 0.25) is 5.02 Å². The lowest BCUT2D eigenvalue weighted by atomic mass is 10.2. The van der Waals surface area contributed by atoms with Crippen molar-refractivity contribution in [2.24, 2.45) is 0 Å². The number of nitrogens with two attached hydrogens (primary N) is 1. The standard InChI is InChI=1S/C13H14ClN3OS/c14-9-5-4-8(7-10(9)15)13-16-12(17-18-13)11-3-1-2-6-19-11/h4-5,7,11H,1-3,6,15H2. The summed E-state index contributed by atoms with van der Waals surface area (Å²) in [4.78, 5) is 4.48. The number of hydrogen-bond acceptors (Lipinski definition) is 5. The molecule has 4 nitrogen and oxygen atoms in total. The largest absolute Gasteiger partial charge is 0.398 e. The van der Waals surface area contributed by atoms with E-state index in [0.717, 1.165) is 17.8 Å². The molecule has 2 N–H and O–H groups in total. The smallest absolute Gasteiger partial charge is 0.258 e. The summed E-state index contributed by atoms with van der Waals surface area (Å²) >= 11 is 7.80. The molecule has 100 valence electrons. The Morgan fingerprint density at radius 1 is 1.37 bits per heavy atom. The van der Waals surface area contributed by atoms with Crippen molar-refractivity contribution in [3.8, 4) is 11.5 Å². The van der Waals surface area contributed by atoms with Crippen molar-refractivity contribution in [1.82, 2.24) is 10.1 Å². The van der Waals surface area contributed by atoms with Gasteiger partial charge in [-0.1, -0.05) is 23.2 Å². The second kappa shape index (κ2) is 5.43. The molecule has 0 radical (unpaired) electrons. The second-order valence-electron chi connectivity index (χ2n) is 4.55. The molecule has 6 heteroatoms. The molecule has 1 aromatic heterocycles. The monoisotopic (exact) mass is 295 g/mol. The van der Waals surface area contributed by atoms with Crippen LogP contribution in [0.1, 0.15) is 30.3 Å². The zero-order valence-electron chi connectivity index (χ0n) is 10.3. The first kappa shape index (κ1) is 12.8. The van der Waals surface area contributed by atoms with Crippen LogP contribution in [0.25, 0.3) is 11.5 Å². The summed E-state index contributed by atoms with van der Waals surface area (Å²) in [5.74, 6) is 2.46. The van der Waals surface area contributed by atoms with Crippen molar-refractivity contribution in [2.75, 3.05) is 11.5 Å². The maximum Gasteiger partial charge on any atom is 0.258 e. The van der Waals surface area contributed by atoms with Gasteiger partial charge in [0.05, 0.1) is 16.0 Å². The Balaban J connectivity index is 1.85. The van der Waals surface area contributed by atoms with Gasteiger partial charge in [-0.15, -0.1) is 0 Å². The van der Waals surface area contributed by atoms with Crippen LogP contribution in [-0.4, -0.2) is 15.9 Å². The highest BCUT2D eigenvalue weighted by Gasteiger charge is 2.22. The van der Waals surface area contributed by atoms with Crippen molar-refractivity contribution < 1.29 is 4.52 Å². The van der Waals surface area contributed by atoms with E-state index in [4.69, 9.17) is 21.9 Å². The fraction of sp³-hybridized carbons (Fsp3) is 0.385. The number of halogens is 1. The van der Waals surface area contributed by atoms with Crippen molar-refractivity contribution in [3.05, 3.63) is 29.0 Å². The fourth-order valence-corrected chi connectivity index (χ4v) is 3.46. The van der Waals surface area contributed by atoms with Crippen molar-refractivity contribution >= 4 is 29.1 Å². The number of hydrogen-bond donors (Lipinski definition) is 1.